The fourth-order valence-electron chi connectivity index (χ4n) is 3.24. The summed E-state index contributed by atoms with van der Waals surface area (Å²) < 4.78 is 20.9. The van der Waals surface area contributed by atoms with Gasteiger partial charge in [-0.25, -0.2) is 0 Å². The molecular formula is C21H22NO4S-. The summed E-state index contributed by atoms with van der Waals surface area (Å²) in [6.07, 6.45) is 2.81. The van der Waals surface area contributed by atoms with Crippen molar-refractivity contribution in [2.45, 2.75) is 18.1 Å². The highest BCUT2D eigenvalue weighted by molar-refractivity contribution is 7.81. The number of aliphatic carboxylic acids is 1. The number of rotatable bonds is 6. The van der Waals surface area contributed by atoms with E-state index in [4.69, 9.17) is 0 Å². The van der Waals surface area contributed by atoms with Gasteiger partial charge >= 0.3 is 5.97 Å². The minimum Gasteiger partial charge on any atom is -0.771 e. The van der Waals surface area contributed by atoms with Crippen molar-refractivity contribution in [2.24, 2.45) is 0 Å². The topological polar surface area (TPSA) is 80.7 Å². The van der Waals surface area contributed by atoms with Crippen molar-refractivity contribution in [3.8, 4) is 11.1 Å². The summed E-state index contributed by atoms with van der Waals surface area (Å²) in [6.45, 7) is 2.40. The van der Waals surface area contributed by atoms with Crippen LogP contribution in [0.4, 0.5) is 0 Å². The first-order chi connectivity index (χ1) is 12.9. The van der Waals surface area contributed by atoms with Crippen molar-refractivity contribution in [1.82, 2.24) is 4.90 Å². The van der Waals surface area contributed by atoms with E-state index in [2.05, 4.69) is 42.5 Å². The number of carboxylic acids is 1. The lowest BCUT2D eigenvalue weighted by atomic mass is 9.96. The highest BCUT2D eigenvalue weighted by Crippen LogP contribution is 2.27. The van der Waals surface area contributed by atoms with Gasteiger partial charge in [-0.05, 0) is 46.7 Å². The molecule has 0 spiro atoms. The molecule has 2 unspecified atom stereocenters. The fraction of sp³-hybridized carbons (Fsp3) is 0.286. The molecule has 1 heterocycles. The number of carbonyl (C=O) groups is 1. The third-order valence-corrected chi connectivity index (χ3v) is 6.04. The van der Waals surface area contributed by atoms with Gasteiger partial charge in [-0.15, -0.1) is 0 Å². The molecule has 0 amide bonds. The van der Waals surface area contributed by atoms with Gasteiger partial charge < -0.3 is 9.66 Å². The van der Waals surface area contributed by atoms with Crippen LogP contribution in [0.3, 0.4) is 0 Å². The third kappa shape index (κ3) is 4.35. The predicted molar refractivity (Wildman–Crippen MR) is 106 cm³/mol. The minimum absolute atomic E-state index is 0.0187. The Morgan fingerprint density at radius 2 is 1.70 bits per heavy atom. The zero-order valence-electron chi connectivity index (χ0n) is 15.1. The van der Waals surface area contributed by atoms with Gasteiger partial charge in [0.25, 0.3) is 0 Å². The van der Waals surface area contributed by atoms with E-state index in [1.165, 1.54) is 18.1 Å². The summed E-state index contributed by atoms with van der Waals surface area (Å²) in [5.41, 5.74) is 4.67. The van der Waals surface area contributed by atoms with E-state index in [-0.39, 0.29) is 6.54 Å². The lowest BCUT2D eigenvalue weighted by Gasteiger charge is -2.35. The molecule has 2 atom stereocenters. The molecule has 0 saturated carbocycles. The smallest absolute Gasteiger partial charge is 0.322 e. The van der Waals surface area contributed by atoms with E-state index < -0.39 is 21.8 Å². The average Bonchev–Trinajstić information content (AvgIpc) is 2.69. The summed E-state index contributed by atoms with van der Waals surface area (Å²) in [7, 11) is 0. The van der Waals surface area contributed by atoms with E-state index in [1.54, 1.807) is 0 Å². The van der Waals surface area contributed by atoms with Gasteiger partial charge in [0, 0.05) is 19.6 Å². The second kappa shape index (κ2) is 8.17. The number of carboxylic acid groups (broad SMARTS) is 1. The summed E-state index contributed by atoms with van der Waals surface area (Å²) in [6, 6.07) is 18.6. The second-order valence-corrected chi connectivity index (χ2v) is 8.30. The molecule has 5 nitrogen and oxygen atoms in total. The van der Waals surface area contributed by atoms with Crippen LogP contribution >= 0.6 is 0 Å². The highest BCUT2D eigenvalue weighted by atomic mass is 32.2. The number of hydrogen-bond donors (Lipinski definition) is 1. The minimum atomic E-state index is -2.68. The van der Waals surface area contributed by atoms with Crippen LogP contribution in [0, 0.1) is 0 Å². The van der Waals surface area contributed by atoms with Gasteiger partial charge in [-0.1, -0.05) is 60.7 Å². The lowest BCUT2D eigenvalue weighted by molar-refractivity contribution is -0.140. The largest absolute Gasteiger partial charge is 0.771 e. The Kier molecular flexibility index (Phi) is 5.89. The Hall–Kier alpha value is -2.28. The van der Waals surface area contributed by atoms with Crippen molar-refractivity contribution in [1.29, 1.82) is 0 Å². The monoisotopic (exact) mass is 384 g/mol. The number of benzene rings is 2. The molecule has 1 aliphatic heterocycles. The van der Waals surface area contributed by atoms with Crippen LogP contribution in [0.5, 0.6) is 0 Å². The SMILES string of the molecule is CC(CN1CC=C(c2ccc(-c3ccccc3)cc2)CC1)(C(=O)O)S(=O)[O-]. The van der Waals surface area contributed by atoms with Crippen LogP contribution < -0.4 is 0 Å². The van der Waals surface area contributed by atoms with Crippen LogP contribution in [0.2, 0.25) is 0 Å². The molecule has 0 fully saturated rings. The maximum atomic E-state index is 11.3. The maximum Gasteiger partial charge on any atom is 0.322 e. The first-order valence-corrected chi connectivity index (χ1v) is 9.87. The van der Waals surface area contributed by atoms with Crippen LogP contribution in [0.1, 0.15) is 18.9 Å². The van der Waals surface area contributed by atoms with Gasteiger partial charge in [0.2, 0.25) is 0 Å². The molecule has 6 heteroatoms. The van der Waals surface area contributed by atoms with Gasteiger partial charge in [-0.3, -0.25) is 13.9 Å². The van der Waals surface area contributed by atoms with Gasteiger partial charge in [0.1, 0.15) is 4.75 Å². The fourth-order valence-corrected chi connectivity index (χ4v) is 3.67. The quantitative estimate of drug-likeness (QED) is 0.774. The van der Waals surface area contributed by atoms with Crippen molar-refractivity contribution in [3.63, 3.8) is 0 Å². The van der Waals surface area contributed by atoms with Crippen molar-refractivity contribution < 1.29 is 18.7 Å². The average molecular weight is 384 g/mol. The van der Waals surface area contributed by atoms with Crippen molar-refractivity contribution in [2.75, 3.05) is 19.6 Å². The van der Waals surface area contributed by atoms with E-state index in [0.29, 0.717) is 13.1 Å². The van der Waals surface area contributed by atoms with Crippen LogP contribution in [-0.2, 0) is 15.9 Å². The van der Waals surface area contributed by atoms with Crippen molar-refractivity contribution in [3.05, 3.63) is 66.2 Å². The summed E-state index contributed by atoms with van der Waals surface area (Å²) in [4.78, 5) is 13.2. The third-order valence-electron chi connectivity index (χ3n) is 5.00. The molecule has 1 N–H and O–H groups in total. The molecule has 0 aromatic heterocycles. The molecule has 27 heavy (non-hydrogen) atoms. The Bertz CT molecular complexity index is 848. The van der Waals surface area contributed by atoms with Crippen LogP contribution in [0.25, 0.3) is 16.7 Å². The van der Waals surface area contributed by atoms with Crippen molar-refractivity contribution >= 4 is 22.6 Å². The zero-order chi connectivity index (χ0) is 19.4. The summed E-state index contributed by atoms with van der Waals surface area (Å²) >= 11 is -2.68. The lowest BCUT2D eigenvalue weighted by Crippen LogP contribution is -2.50. The Morgan fingerprint density at radius 1 is 1.11 bits per heavy atom. The Balaban J connectivity index is 1.68. The molecule has 0 saturated heterocycles. The normalized spacial score (nSPS) is 18.4. The zero-order valence-corrected chi connectivity index (χ0v) is 15.9. The highest BCUT2D eigenvalue weighted by Gasteiger charge is 2.37. The molecule has 1 aliphatic rings. The molecule has 2 aromatic rings. The van der Waals surface area contributed by atoms with Gasteiger partial charge in [-0.2, -0.15) is 0 Å². The maximum absolute atomic E-state index is 11.3. The Morgan fingerprint density at radius 3 is 2.22 bits per heavy atom. The van der Waals surface area contributed by atoms with Crippen LogP contribution in [0.15, 0.2) is 60.7 Å². The summed E-state index contributed by atoms with van der Waals surface area (Å²) in [5.74, 6) is -1.32. The second-order valence-electron chi connectivity index (χ2n) is 6.93. The van der Waals surface area contributed by atoms with Crippen LogP contribution in [-0.4, -0.2) is 49.1 Å². The standard InChI is InChI=1S/C21H23NO4S/c1-21(20(23)24,27(25)26)15-22-13-11-19(12-14-22)18-9-7-17(8-10-18)16-5-3-2-4-6-16/h2-11H,12-15H2,1H3,(H,23,24)(H,25,26)/p-1. The van der Waals surface area contributed by atoms with E-state index >= 15 is 0 Å². The molecule has 3 rings (SSSR count). The first kappa shape index (κ1) is 19.5. The van der Waals surface area contributed by atoms with Gasteiger partial charge in [0.15, 0.2) is 0 Å². The molecule has 0 aliphatic carbocycles. The van der Waals surface area contributed by atoms with E-state index in [1.807, 2.05) is 23.1 Å². The van der Waals surface area contributed by atoms with E-state index in [0.717, 1.165) is 17.5 Å². The molecule has 0 radical (unpaired) electrons. The molecule has 2 aromatic carbocycles. The first-order valence-electron chi connectivity index (χ1n) is 8.80. The van der Waals surface area contributed by atoms with E-state index in [9.17, 15) is 18.7 Å². The number of nitrogens with zero attached hydrogens (tertiary/aromatic N) is 1. The molecule has 142 valence electrons. The Labute approximate surface area is 161 Å². The molecular weight excluding hydrogens is 362 g/mol. The summed E-state index contributed by atoms with van der Waals surface area (Å²) in [5, 5.41) is 9.25. The predicted octanol–water partition coefficient (Wildman–Crippen LogP) is 3.17. The number of hydrogen-bond acceptors (Lipinski definition) is 4. The van der Waals surface area contributed by atoms with Gasteiger partial charge in [0.05, 0.1) is 0 Å². The molecule has 0 bridgehead atoms.